The standard InChI is InChI=1S/C24H31F3NO7P/c25-24(26,27)23(29)28-11-12-31-13-14-32-15-16-33-17-18-34-35-36(30,19-21-7-3-1-4-8-21)20-22-9-5-2-6-10-22/h1-10H,11-20H2,(H,28,29). The predicted octanol–water partition coefficient (Wildman–Crippen LogP) is 4.34. The van der Waals surface area contributed by atoms with Crippen molar-refractivity contribution in [3.8, 4) is 0 Å². The van der Waals surface area contributed by atoms with Crippen molar-refractivity contribution >= 4 is 13.3 Å². The zero-order valence-electron chi connectivity index (χ0n) is 19.8. The number of halogens is 3. The molecule has 0 aliphatic rings. The summed E-state index contributed by atoms with van der Waals surface area (Å²) in [6, 6.07) is 18.9. The van der Waals surface area contributed by atoms with Crippen LogP contribution < -0.4 is 5.32 Å². The molecule has 2 rings (SSSR count). The quantitative estimate of drug-likeness (QED) is 0.132. The Labute approximate surface area is 208 Å². The van der Waals surface area contributed by atoms with Gasteiger partial charge >= 0.3 is 12.1 Å². The van der Waals surface area contributed by atoms with E-state index >= 15 is 0 Å². The Kier molecular flexibility index (Phi) is 13.7. The molecule has 1 amide bonds. The molecule has 0 fully saturated rings. The highest BCUT2D eigenvalue weighted by Crippen LogP contribution is 2.53. The van der Waals surface area contributed by atoms with Crippen LogP contribution in [0.1, 0.15) is 11.1 Å². The molecule has 0 bridgehead atoms. The van der Waals surface area contributed by atoms with Crippen LogP contribution in [0.2, 0.25) is 0 Å². The van der Waals surface area contributed by atoms with Crippen molar-refractivity contribution in [2.24, 2.45) is 0 Å². The number of alkyl halides is 3. The smallest absolute Gasteiger partial charge is 0.377 e. The largest absolute Gasteiger partial charge is 0.471 e. The number of benzene rings is 2. The zero-order valence-corrected chi connectivity index (χ0v) is 20.7. The summed E-state index contributed by atoms with van der Waals surface area (Å²) in [5.74, 6) is -2.00. The van der Waals surface area contributed by atoms with E-state index in [-0.39, 0.29) is 65.1 Å². The van der Waals surface area contributed by atoms with Gasteiger partial charge in [-0.2, -0.15) is 17.8 Å². The van der Waals surface area contributed by atoms with Crippen molar-refractivity contribution in [3.05, 3.63) is 71.8 Å². The van der Waals surface area contributed by atoms with Gasteiger partial charge in [-0.15, -0.1) is 0 Å². The second kappa shape index (κ2) is 16.5. The molecule has 8 nitrogen and oxygen atoms in total. The van der Waals surface area contributed by atoms with Crippen LogP contribution in [0.3, 0.4) is 0 Å². The summed E-state index contributed by atoms with van der Waals surface area (Å²) < 4.78 is 70.5. The van der Waals surface area contributed by atoms with Gasteiger partial charge in [-0.1, -0.05) is 60.7 Å². The molecule has 0 atom stereocenters. The molecule has 2 aromatic rings. The number of rotatable bonds is 18. The fraction of sp³-hybridized carbons (Fsp3) is 0.458. The Bertz CT molecular complexity index is 871. The molecule has 0 spiro atoms. The van der Waals surface area contributed by atoms with E-state index in [1.807, 2.05) is 60.7 Å². The van der Waals surface area contributed by atoms with Gasteiger partial charge in [-0.05, 0) is 11.1 Å². The lowest BCUT2D eigenvalue weighted by atomic mass is 10.2. The van der Waals surface area contributed by atoms with Gasteiger partial charge in [0.15, 0.2) is 0 Å². The second-order valence-electron chi connectivity index (χ2n) is 7.59. The Hall–Kier alpha value is -2.27. The van der Waals surface area contributed by atoms with Crippen LogP contribution in [0.25, 0.3) is 0 Å². The normalized spacial score (nSPS) is 12.0. The van der Waals surface area contributed by atoms with E-state index in [0.29, 0.717) is 0 Å². The third kappa shape index (κ3) is 13.2. The van der Waals surface area contributed by atoms with Gasteiger partial charge < -0.3 is 19.5 Å². The molecule has 0 radical (unpaired) electrons. The summed E-state index contributed by atoms with van der Waals surface area (Å²) in [4.78, 5) is 15.8. The Morgan fingerprint density at radius 2 is 1.17 bits per heavy atom. The summed E-state index contributed by atoms with van der Waals surface area (Å²) in [7, 11) is -3.15. The molecule has 0 heterocycles. The lowest BCUT2D eigenvalue weighted by molar-refractivity contribution is -0.215. The molecular formula is C24H31F3NO7P. The molecule has 12 heteroatoms. The van der Waals surface area contributed by atoms with Crippen LogP contribution in [-0.2, 0) is 45.5 Å². The highest BCUT2D eigenvalue weighted by atomic mass is 31.2. The Morgan fingerprint density at radius 1 is 0.722 bits per heavy atom. The van der Waals surface area contributed by atoms with Crippen LogP contribution in [0.4, 0.5) is 13.2 Å². The number of amides is 1. The number of nitrogens with one attached hydrogen (secondary N) is 1. The highest BCUT2D eigenvalue weighted by molar-refractivity contribution is 7.57. The third-order valence-electron chi connectivity index (χ3n) is 4.57. The first-order valence-electron chi connectivity index (χ1n) is 11.3. The van der Waals surface area contributed by atoms with E-state index in [1.54, 1.807) is 5.32 Å². The lowest BCUT2D eigenvalue weighted by Crippen LogP contribution is -2.38. The molecular weight excluding hydrogens is 502 g/mol. The topological polar surface area (TPSA) is 92.3 Å². The maximum atomic E-state index is 13.4. The van der Waals surface area contributed by atoms with E-state index in [0.717, 1.165) is 11.1 Å². The van der Waals surface area contributed by atoms with Crippen LogP contribution in [0.15, 0.2) is 60.7 Å². The summed E-state index contributed by atoms with van der Waals surface area (Å²) in [5, 5.41) is 1.70. The number of hydrogen-bond acceptors (Lipinski definition) is 7. The molecule has 0 unspecified atom stereocenters. The average Bonchev–Trinajstić information content (AvgIpc) is 2.84. The van der Waals surface area contributed by atoms with Gasteiger partial charge in [0, 0.05) is 6.54 Å². The van der Waals surface area contributed by atoms with Crippen LogP contribution >= 0.6 is 7.37 Å². The van der Waals surface area contributed by atoms with Gasteiger partial charge in [0.2, 0.25) is 7.37 Å². The predicted molar refractivity (Wildman–Crippen MR) is 126 cm³/mol. The minimum absolute atomic E-state index is 0.0581. The Balaban J connectivity index is 1.53. The summed E-state index contributed by atoms with van der Waals surface area (Å²) in [6.07, 6.45) is -4.41. The first kappa shape index (κ1) is 30.0. The Morgan fingerprint density at radius 3 is 1.64 bits per heavy atom. The zero-order chi connectivity index (χ0) is 26.1. The van der Waals surface area contributed by atoms with Crippen LogP contribution in [0, 0.1) is 0 Å². The van der Waals surface area contributed by atoms with Crippen LogP contribution in [-0.4, -0.2) is 64.9 Å². The summed E-state index contributed by atoms with van der Waals surface area (Å²) >= 11 is 0. The number of carbonyl (C=O) groups excluding carboxylic acids is 1. The molecule has 36 heavy (non-hydrogen) atoms. The van der Waals surface area contributed by atoms with E-state index in [4.69, 9.17) is 23.8 Å². The number of carbonyl (C=O) groups is 1. The number of ether oxygens (including phenoxy) is 3. The molecule has 0 aliphatic carbocycles. The monoisotopic (exact) mass is 533 g/mol. The lowest BCUT2D eigenvalue weighted by Gasteiger charge is -2.18. The van der Waals surface area contributed by atoms with E-state index < -0.39 is 19.5 Å². The molecule has 0 aromatic heterocycles. The van der Waals surface area contributed by atoms with Gasteiger partial charge in [0.1, 0.15) is 6.61 Å². The maximum absolute atomic E-state index is 13.4. The van der Waals surface area contributed by atoms with Crippen molar-refractivity contribution in [1.82, 2.24) is 5.32 Å². The van der Waals surface area contributed by atoms with E-state index in [9.17, 15) is 22.5 Å². The first-order chi connectivity index (χ1) is 17.3. The molecule has 0 aliphatic heterocycles. The second-order valence-corrected chi connectivity index (χ2v) is 10.00. The fourth-order valence-corrected chi connectivity index (χ4v) is 4.96. The minimum atomic E-state index is -4.90. The molecule has 200 valence electrons. The summed E-state index contributed by atoms with van der Waals surface area (Å²) in [6.45, 7) is 0.919. The van der Waals surface area contributed by atoms with Crippen molar-refractivity contribution in [1.29, 1.82) is 0 Å². The SMILES string of the molecule is O=C(NCCOCCOCCOCCOOP(=O)(Cc1ccccc1)Cc1ccccc1)C(F)(F)F. The van der Waals surface area contributed by atoms with Gasteiger partial charge in [-0.3, -0.25) is 9.36 Å². The van der Waals surface area contributed by atoms with Gasteiger partial charge in [0.25, 0.3) is 0 Å². The molecule has 1 N–H and O–H groups in total. The average molecular weight is 533 g/mol. The molecule has 0 saturated carbocycles. The third-order valence-corrected chi connectivity index (χ3v) is 6.64. The van der Waals surface area contributed by atoms with Crippen molar-refractivity contribution in [2.75, 3.05) is 52.8 Å². The minimum Gasteiger partial charge on any atom is -0.377 e. The van der Waals surface area contributed by atoms with Crippen molar-refractivity contribution in [3.63, 3.8) is 0 Å². The van der Waals surface area contributed by atoms with E-state index in [1.165, 1.54) is 0 Å². The van der Waals surface area contributed by atoms with Crippen molar-refractivity contribution in [2.45, 2.75) is 18.5 Å². The molecule has 2 aromatic carbocycles. The van der Waals surface area contributed by atoms with Gasteiger partial charge in [-0.25, -0.2) is 4.89 Å². The summed E-state index contributed by atoms with van der Waals surface area (Å²) in [5.41, 5.74) is 1.78. The maximum Gasteiger partial charge on any atom is 0.471 e. The number of hydrogen-bond donors (Lipinski definition) is 1. The van der Waals surface area contributed by atoms with Crippen molar-refractivity contribution < 1.29 is 46.3 Å². The van der Waals surface area contributed by atoms with E-state index in [2.05, 4.69) is 0 Å². The first-order valence-corrected chi connectivity index (χ1v) is 13.3. The van der Waals surface area contributed by atoms with Crippen LogP contribution in [0.5, 0.6) is 0 Å². The fourth-order valence-electron chi connectivity index (χ4n) is 2.94. The van der Waals surface area contributed by atoms with Gasteiger partial charge in [0.05, 0.1) is 52.0 Å². The molecule has 0 saturated heterocycles. The highest BCUT2D eigenvalue weighted by Gasteiger charge is 2.38.